The molecule has 0 saturated carbocycles. The van der Waals surface area contributed by atoms with E-state index in [0.717, 1.165) is 12.1 Å². The van der Waals surface area contributed by atoms with Crippen LogP contribution in [0.1, 0.15) is 33.6 Å². The molecule has 3 nitrogen and oxygen atoms in total. The van der Waals surface area contributed by atoms with Gasteiger partial charge in [-0.3, -0.25) is 4.79 Å². The summed E-state index contributed by atoms with van der Waals surface area (Å²) < 4.78 is 0. The highest BCUT2D eigenvalue weighted by atomic mass is 16.1. The highest BCUT2D eigenvalue weighted by Crippen LogP contribution is 2.09. The second kappa shape index (κ2) is 7.88. The van der Waals surface area contributed by atoms with Gasteiger partial charge in [0.15, 0.2) is 0 Å². The number of carbonyl (C=O) groups excluding carboxylic acids is 1. The van der Waals surface area contributed by atoms with E-state index in [2.05, 4.69) is 31.4 Å². The Morgan fingerprint density at radius 2 is 1.89 bits per heavy atom. The van der Waals surface area contributed by atoms with E-state index in [0.29, 0.717) is 18.5 Å². The molecule has 1 aromatic rings. The maximum absolute atomic E-state index is 11.7. The standard InChI is InChI=1S/C15H24N2O/c1-4-12(2)10-13(3)16-11-15(18)17-14-8-6-5-7-9-14/h5-9,12-13,16H,4,10-11H2,1-3H3,(H,17,18). The number of anilines is 1. The molecule has 1 rings (SSSR count). The van der Waals surface area contributed by atoms with Gasteiger partial charge in [0.05, 0.1) is 6.54 Å². The summed E-state index contributed by atoms with van der Waals surface area (Å²) in [4.78, 5) is 11.7. The van der Waals surface area contributed by atoms with Crippen LogP contribution in [0.5, 0.6) is 0 Å². The second-order valence-corrected chi connectivity index (χ2v) is 4.95. The van der Waals surface area contributed by atoms with Crippen molar-refractivity contribution >= 4 is 11.6 Å². The van der Waals surface area contributed by atoms with Gasteiger partial charge in [0.1, 0.15) is 0 Å². The molecular weight excluding hydrogens is 224 g/mol. The highest BCUT2D eigenvalue weighted by molar-refractivity contribution is 5.92. The summed E-state index contributed by atoms with van der Waals surface area (Å²) in [5.74, 6) is 0.710. The van der Waals surface area contributed by atoms with E-state index in [1.165, 1.54) is 6.42 Å². The van der Waals surface area contributed by atoms with Crippen LogP contribution in [0.4, 0.5) is 5.69 Å². The van der Waals surface area contributed by atoms with Crippen LogP contribution < -0.4 is 10.6 Å². The topological polar surface area (TPSA) is 41.1 Å². The van der Waals surface area contributed by atoms with Crippen molar-refractivity contribution < 1.29 is 4.79 Å². The van der Waals surface area contributed by atoms with Crippen molar-refractivity contribution in [3.63, 3.8) is 0 Å². The fourth-order valence-electron chi connectivity index (χ4n) is 1.85. The quantitative estimate of drug-likeness (QED) is 0.778. The number of amides is 1. The van der Waals surface area contributed by atoms with E-state index in [-0.39, 0.29) is 5.91 Å². The van der Waals surface area contributed by atoms with Crippen molar-refractivity contribution in [2.75, 3.05) is 11.9 Å². The van der Waals surface area contributed by atoms with Crippen LogP contribution in [0.2, 0.25) is 0 Å². The minimum atomic E-state index is 0.0113. The van der Waals surface area contributed by atoms with Crippen LogP contribution in [-0.2, 0) is 4.79 Å². The van der Waals surface area contributed by atoms with E-state index >= 15 is 0 Å². The van der Waals surface area contributed by atoms with Crippen molar-refractivity contribution in [3.05, 3.63) is 30.3 Å². The number of hydrogen-bond acceptors (Lipinski definition) is 2. The van der Waals surface area contributed by atoms with Crippen molar-refractivity contribution in [1.82, 2.24) is 5.32 Å². The zero-order valence-corrected chi connectivity index (χ0v) is 11.6. The molecule has 0 fully saturated rings. The molecule has 0 aliphatic heterocycles. The maximum atomic E-state index is 11.7. The predicted octanol–water partition coefficient (Wildman–Crippen LogP) is 3.04. The Bertz CT molecular complexity index is 351. The second-order valence-electron chi connectivity index (χ2n) is 4.95. The van der Waals surface area contributed by atoms with Crippen molar-refractivity contribution in [3.8, 4) is 0 Å². The van der Waals surface area contributed by atoms with Gasteiger partial charge in [-0.2, -0.15) is 0 Å². The first-order valence-electron chi connectivity index (χ1n) is 6.70. The summed E-state index contributed by atoms with van der Waals surface area (Å²) in [6.45, 7) is 6.93. The zero-order valence-electron chi connectivity index (χ0n) is 11.6. The van der Waals surface area contributed by atoms with Gasteiger partial charge >= 0.3 is 0 Å². The number of rotatable bonds is 7. The largest absolute Gasteiger partial charge is 0.325 e. The van der Waals surface area contributed by atoms with Crippen molar-refractivity contribution in [2.24, 2.45) is 5.92 Å². The molecule has 0 aliphatic rings. The smallest absolute Gasteiger partial charge is 0.238 e. The number of hydrogen-bond donors (Lipinski definition) is 2. The number of nitrogens with one attached hydrogen (secondary N) is 2. The Balaban J connectivity index is 2.25. The summed E-state index contributed by atoms with van der Waals surface area (Å²) >= 11 is 0. The molecule has 2 atom stereocenters. The lowest BCUT2D eigenvalue weighted by Crippen LogP contribution is -2.35. The Morgan fingerprint density at radius 1 is 1.22 bits per heavy atom. The highest BCUT2D eigenvalue weighted by Gasteiger charge is 2.08. The maximum Gasteiger partial charge on any atom is 0.238 e. The van der Waals surface area contributed by atoms with Gasteiger partial charge in [0.2, 0.25) is 5.91 Å². The van der Waals surface area contributed by atoms with E-state index in [1.54, 1.807) is 0 Å². The first-order valence-corrected chi connectivity index (χ1v) is 6.70. The van der Waals surface area contributed by atoms with E-state index in [4.69, 9.17) is 0 Å². The molecule has 1 aromatic carbocycles. The van der Waals surface area contributed by atoms with Crippen LogP contribution in [0.15, 0.2) is 30.3 Å². The molecule has 100 valence electrons. The third-order valence-electron chi connectivity index (χ3n) is 3.12. The lowest BCUT2D eigenvalue weighted by molar-refractivity contribution is -0.115. The predicted molar refractivity (Wildman–Crippen MR) is 76.6 cm³/mol. The SMILES string of the molecule is CCC(C)CC(C)NCC(=O)Nc1ccccc1. The average Bonchev–Trinajstić information content (AvgIpc) is 2.37. The van der Waals surface area contributed by atoms with Crippen LogP contribution in [0.3, 0.4) is 0 Å². The third kappa shape index (κ3) is 5.82. The number of benzene rings is 1. The van der Waals surface area contributed by atoms with Gasteiger partial charge in [0.25, 0.3) is 0 Å². The van der Waals surface area contributed by atoms with Gasteiger partial charge < -0.3 is 10.6 Å². The van der Waals surface area contributed by atoms with Gasteiger partial charge in [0, 0.05) is 11.7 Å². The fourth-order valence-corrected chi connectivity index (χ4v) is 1.85. The normalized spacial score (nSPS) is 13.9. The van der Waals surface area contributed by atoms with E-state index in [1.807, 2.05) is 30.3 Å². The van der Waals surface area contributed by atoms with Crippen molar-refractivity contribution in [2.45, 2.75) is 39.7 Å². The van der Waals surface area contributed by atoms with Gasteiger partial charge in [-0.15, -0.1) is 0 Å². The van der Waals surface area contributed by atoms with Gasteiger partial charge in [-0.1, -0.05) is 38.5 Å². The van der Waals surface area contributed by atoms with Crippen LogP contribution >= 0.6 is 0 Å². The summed E-state index contributed by atoms with van der Waals surface area (Å²) in [5.41, 5.74) is 0.846. The van der Waals surface area contributed by atoms with Crippen LogP contribution in [0.25, 0.3) is 0 Å². The van der Waals surface area contributed by atoms with Gasteiger partial charge in [-0.25, -0.2) is 0 Å². The van der Waals surface area contributed by atoms with E-state index < -0.39 is 0 Å². The molecule has 0 spiro atoms. The molecule has 0 bridgehead atoms. The molecular formula is C15H24N2O. The third-order valence-corrected chi connectivity index (χ3v) is 3.12. The molecule has 3 heteroatoms. The molecule has 2 N–H and O–H groups in total. The fraction of sp³-hybridized carbons (Fsp3) is 0.533. The number of para-hydroxylation sites is 1. The minimum Gasteiger partial charge on any atom is -0.325 e. The minimum absolute atomic E-state index is 0.0113. The Morgan fingerprint density at radius 3 is 2.50 bits per heavy atom. The van der Waals surface area contributed by atoms with Crippen LogP contribution in [-0.4, -0.2) is 18.5 Å². The van der Waals surface area contributed by atoms with Gasteiger partial charge in [-0.05, 0) is 31.4 Å². The molecule has 0 heterocycles. The van der Waals surface area contributed by atoms with Crippen LogP contribution in [0, 0.1) is 5.92 Å². The zero-order chi connectivity index (χ0) is 13.4. The van der Waals surface area contributed by atoms with E-state index in [9.17, 15) is 4.79 Å². The Hall–Kier alpha value is -1.35. The average molecular weight is 248 g/mol. The molecule has 1 amide bonds. The molecule has 0 aliphatic carbocycles. The monoisotopic (exact) mass is 248 g/mol. The lowest BCUT2D eigenvalue weighted by Gasteiger charge is -2.17. The molecule has 2 unspecified atom stereocenters. The first-order chi connectivity index (χ1) is 8.61. The molecule has 18 heavy (non-hydrogen) atoms. The number of carbonyl (C=O) groups is 1. The summed E-state index contributed by atoms with van der Waals surface area (Å²) in [5, 5.41) is 6.12. The Labute approximate surface area is 110 Å². The molecule has 0 saturated heterocycles. The summed E-state index contributed by atoms with van der Waals surface area (Å²) in [7, 11) is 0. The van der Waals surface area contributed by atoms with Crippen molar-refractivity contribution in [1.29, 1.82) is 0 Å². The first kappa shape index (κ1) is 14.7. The molecule has 0 radical (unpaired) electrons. The lowest BCUT2D eigenvalue weighted by atomic mass is 10.0. The summed E-state index contributed by atoms with van der Waals surface area (Å²) in [6.07, 6.45) is 2.29. The molecule has 0 aromatic heterocycles. The Kier molecular flexibility index (Phi) is 6.44. The summed E-state index contributed by atoms with van der Waals surface area (Å²) in [6, 6.07) is 9.91.